The molecule has 1 aromatic rings. The summed E-state index contributed by atoms with van der Waals surface area (Å²) in [6.07, 6.45) is 1.16. The number of nitrogens with zero attached hydrogens (tertiary/aromatic N) is 1. The van der Waals surface area contributed by atoms with Gasteiger partial charge in [-0.05, 0) is 47.0 Å². The third-order valence-electron chi connectivity index (χ3n) is 3.49. The Kier molecular flexibility index (Phi) is 5.17. The molecule has 0 atom stereocenters. The Balaban J connectivity index is 1.90. The van der Waals surface area contributed by atoms with Crippen molar-refractivity contribution < 1.29 is 18.7 Å². The van der Waals surface area contributed by atoms with Crippen LogP contribution in [0.1, 0.15) is 12.8 Å². The van der Waals surface area contributed by atoms with Gasteiger partial charge in [0.1, 0.15) is 5.82 Å². The average Bonchev–Trinajstić information content (AvgIpc) is 2.50. The molecule has 0 radical (unpaired) electrons. The van der Waals surface area contributed by atoms with E-state index in [9.17, 15) is 14.0 Å². The molecular weight excluding hydrogens is 343 g/mol. The first-order chi connectivity index (χ1) is 10.0. The van der Waals surface area contributed by atoms with E-state index in [1.165, 1.54) is 19.2 Å². The Morgan fingerprint density at radius 1 is 1.38 bits per heavy atom. The maximum absolute atomic E-state index is 13.4. The molecule has 5 nitrogen and oxygen atoms in total. The SMILES string of the molecule is COC(=O)C1CCN(C(=O)Nc2ccc(Br)c(F)c2)CC1. The van der Waals surface area contributed by atoms with Gasteiger partial charge in [-0.3, -0.25) is 4.79 Å². The number of amides is 2. The summed E-state index contributed by atoms with van der Waals surface area (Å²) in [7, 11) is 1.36. The summed E-state index contributed by atoms with van der Waals surface area (Å²) in [6, 6.07) is 4.11. The first-order valence-corrected chi connectivity index (χ1v) is 7.39. The van der Waals surface area contributed by atoms with E-state index in [0.717, 1.165) is 0 Å². The smallest absolute Gasteiger partial charge is 0.321 e. The molecule has 2 rings (SSSR count). The number of anilines is 1. The molecule has 1 saturated heterocycles. The minimum absolute atomic E-state index is 0.149. The highest BCUT2D eigenvalue weighted by Gasteiger charge is 2.27. The number of carbonyl (C=O) groups is 2. The lowest BCUT2D eigenvalue weighted by Crippen LogP contribution is -2.42. The maximum Gasteiger partial charge on any atom is 0.321 e. The normalized spacial score (nSPS) is 15.7. The van der Waals surface area contributed by atoms with Crippen LogP contribution in [0.3, 0.4) is 0 Å². The van der Waals surface area contributed by atoms with E-state index >= 15 is 0 Å². The number of hydrogen-bond donors (Lipinski definition) is 1. The van der Waals surface area contributed by atoms with Crippen LogP contribution < -0.4 is 5.32 Å². The van der Waals surface area contributed by atoms with Crippen LogP contribution in [0.2, 0.25) is 0 Å². The van der Waals surface area contributed by atoms with Crippen molar-refractivity contribution in [2.24, 2.45) is 5.92 Å². The Morgan fingerprint density at radius 2 is 2.05 bits per heavy atom. The van der Waals surface area contributed by atoms with E-state index in [-0.39, 0.29) is 17.9 Å². The summed E-state index contributed by atoms with van der Waals surface area (Å²) in [5.74, 6) is -0.814. The number of halogens is 2. The van der Waals surface area contributed by atoms with Crippen molar-refractivity contribution in [1.82, 2.24) is 4.90 Å². The summed E-state index contributed by atoms with van der Waals surface area (Å²) in [4.78, 5) is 25.1. The van der Waals surface area contributed by atoms with Crippen LogP contribution in [0.4, 0.5) is 14.9 Å². The lowest BCUT2D eigenvalue weighted by atomic mass is 9.97. The van der Waals surface area contributed by atoms with Crippen molar-refractivity contribution >= 4 is 33.6 Å². The summed E-state index contributed by atoms with van der Waals surface area (Å²) in [5.41, 5.74) is 0.399. The van der Waals surface area contributed by atoms with Gasteiger partial charge in [0.2, 0.25) is 0 Å². The molecule has 0 bridgehead atoms. The van der Waals surface area contributed by atoms with Crippen LogP contribution in [0.5, 0.6) is 0 Å². The molecule has 1 heterocycles. The predicted molar refractivity (Wildman–Crippen MR) is 79.4 cm³/mol. The van der Waals surface area contributed by atoms with Gasteiger partial charge in [0.05, 0.1) is 17.5 Å². The minimum atomic E-state index is -0.433. The molecule has 1 aliphatic rings. The van der Waals surface area contributed by atoms with Crippen LogP contribution in [0, 0.1) is 11.7 Å². The van der Waals surface area contributed by atoms with Crippen LogP contribution in [-0.2, 0) is 9.53 Å². The van der Waals surface area contributed by atoms with Crippen molar-refractivity contribution in [2.45, 2.75) is 12.8 Å². The van der Waals surface area contributed by atoms with Crippen molar-refractivity contribution in [2.75, 3.05) is 25.5 Å². The second-order valence-corrected chi connectivity index (χ2v) is 5.70. The Labute approximate surface area is 130 Å². The molecule has 0 unspecified atom stereocenters. The second-order valence-electron chi connectivity index (χ2n) is 4.84. The molecule has 1 N–H and O–H groups in total. The third kappa shape index (κ3) is 3.93. The summed E-state index contributed by atoms with van der Waals surface area (Å²) in [6.45, 7) is 0.954. The van der Waals surface area contributed by atoms with Gasteiger partial charge in [0.25, 0.3) is 0 Å². The van der Waals surface area contributed by atoms with Gasteiger partial charge in [0, 0.05) is 18.8 Å². The van der Waals surface area contributed by atoms with Crippen LogP contribution in [0.15, 0.2) is 22.7 Å². The first kappa shape index (κ1) is 15.8. The number of methoxy groups -OCH3 is 1. The number of hydrogen-bond acceptors (Lipinski definition) is 3. The van der Waals surface area contributed by atoms with E-state index in [1.807, 2.05) is 0 Å². The molecule has 114 valence electrons. The Morgan fingerprint density at radius 3 is 2.62 bits per heavy atom. The fourth-order valence-electron chi connectivity index (χ4n) is 2.26. The molecule has 1 aliphatic heterocycles. The molecule has 21 heavy (non-hydrogen) atoms. The molecule has 7 heteroatoms. The highest BCUT2D eigenvalue weighted by Crippen LogP contribution is 2.21. The highest BCUT2D eigenvalue weighted by atomic mass is 79.9. The van der Waals surface area contributed by atoms with Crippen molar-refractivity contribution in [3.8, 4) is 0 Å². The Bertz CT molecular complexity index is 545. The average molecular weight is 359 g/mol. The number of piperidine rings is 1. The monoisotopic (exact) mass is 358 g/mol. The van der Waals surface area contributed by atoms with Crippen LogP contribution in [0.25, 0.3) is 0 Å². The van der Waals surface area contributed by atoms with Gasteiger partial charge in [-0.25, -0.2) is 9.18 Å². The van der Waals surface area contributed by atoms with Crippen molar-refractivity contribution in [3.63, 3.8) is 0 Å². The number of rotatable bonds is 2. The fourth-order valence-corrected chi connectivity index (χ4v) is 2.51. The molecule has 0 aliphatic carbocycles. The molecule has 0 saturated carbocycles. The van der Waals surface area contributed by atoms with E-state index in [4.69, 9.17) is 4.74 Å². The zero-order valence-corrected chi connectivity index (χ0v) is 13.2. The van der Waals surface area contributed by atoms with Gasteiger partial charge in [0.15, 0.2) is 0 Å². The Hall–Kier alpha value is -1.63. The number of ether oxygens (including phenoxy) is 1. The first-order valence-electron chi connectivity index (χ1n) is 6.60. The number of nitrogens with one attached hydrogen (secondary N) is 1. The van der Waals surface area contributed by atoms with Gasteiger partial charge >= 0.3 is 12.0 Å². The quantitative estimate of drug-likeness (QED) is 0.826. The lowest BCUT2D eigenvalue weighted by Gasteiger charge is -2.30. The van der Waals surface area contributed by atoms with Gasteiger partial charge in [-0.1, -0.05) is 0 Å². The summed E-state index contributed by atoms with van der Waals surface area (Å²) < 4.78 is 18.4. The lowest BCUT2D eigenvalue weighted by molar-refractivity contribution is -0.146. The largest absolute Gasteiger partial charge is 0.469 e. The number of carbonyl (C=O) groups excluding carboxylic acids is 2. The van der Waals surface area contributed by atoms with E-state index < -0.39 is 5.82 Å². The summed E-state index contributed by atoms with van der Waals surface area (Å²) >= 11 is 3.06. The summed E-state index contributed by atoms with van der Waals surface area (Å²) in [5, 5.41) is 2.65. The molecule has 1 fully saturated rings. The zero-order valence-electron chi connectivity index (χ0n) is 11.6. The maximum atomic E-state index is 13.4. The van der Waals surface area contributed by atoms with Crippen molar-refractivity contribution in [3.05, 3.63) is 28.5 Å². The van der Waals surface area contributed by atoms with Gasteiger partial charge in [-0.15, -0.1) is 0 Å². The number of likely N-dealkylation sites (tertiary alicyclic amines) is 1. The minimum Gasteiger partial charge on any atom is -0.469 e. The highest BCUT2D eigenvalue weighted by molar-refractivity contribution is 9.10. The second kappa shape index (κ2) is 6.89. The third-order valence-corrected chi connectivity index (χ3v) is 4.13. The topological polar surface area (TPSA) is 58.6 Å². The molecular formula is C14H16BrFN2O3. The van der Waals surface area contributed by atoms with E-state index in [1.54, 1.807) is 11.0 Å². The number of esters is 1. The molecule has 1 aromatic carbocycles. The molecule has 0 aromatic heterocycles. The zero-order chi connectivity index (χ0) is 15.4. The number of urea groups is 1. The standard InChI is InChI=1S/C14H16BrFN2O3/c1-21-13(19)9-4-6-18(7-5-9)14(20)17-10-2-3-11(15)12(16)8-10/h2-3,8-9H,4-7H2,1H3,(H,17,20). The van der Waals surface area contributed by atoms with Crippen LogP contribution >= 0.6 is 15.9 Å². The van der Waals surface area contributed by atoms with E-state index in [0.29, 0.717) is 36.1 Å². The fraction of sp³-hybridized carbons (Fsp3) is 0.429. The number of benzene rings is 1. The van der Waals surface area contributed by atoms with Crippen LogP contribution in [-0.4, -0.2) is 37.1 Å². The van der Waals surface area contributed by atoms with Crippen molar-refractivity contribution in [1.29, 1.82) is 0 Å². The predicted octanol–water partition coefficient (Wildman–Crippen LogP) is 3.01. The van der Waals surface area contributed by atoms with Gasteiger partial charge < -0.3 is 15.0 Å². The molecule has 0 spiro atoms. The van der Waals surface area contributed by atoms with Gasteiger partial charge in [-0.2, -0.15) is 0 Å². The van der Waals surface area contributed by atoms with E-state index in [2.05, 4.69) is 21.2 Å². The molecule has 2 amide bonds.